The molecule has 0 radical (unpaired) electrons. The van der Waals surface area contributed by atoms with Gasteiger partial charge in [0, 0.05) is 12.3 Å². The first-order valence-corrected chi connectivity index (χ1v) is 30.4. The summed E-state index contributed by atoms with van der Waals surface area (Å²) in [5.41, 5.74) is 2.29. The molecule has 3 heterocycles. The van der Waals surface area contributed by atoms with Crippen LogP contribution in [-0.4, -0.2) is 120 Å². The molecule has 8 aliphatic rings. The Bertz CT molecular complexity index is 2970. The van der Waals surface area contributed by atoms with E-state index in [1.165, 1.54) is 5.57 Å². The van der Waals surface area contributed by atoms with Crippen LogP contribution in [0.2, 0.25) is 0 Å². The molecule has 4 unspecified atom stereocenters. The Morgan fingerprint density at radius 1 is 0.614 bits per heavy atom. The average molecular weight is 1140 g/mol. The average Bonchev–Trinajstić information content (AvgIpc) is 4.00. The first-order valence-electron chi connectivity index (χ1n) is 30.4. The number of ether oxygens (including phenoxy) is 9. The first kappa shape index (κ1) is 57.6. The van der Waals surface area contributed by atoms with Crippen molar-refractivity contribution in [3.8, 4) is 0 Å². The lowest BCUT2D eigenvalue weighted by Gasteiger charge is -2.58. The van der Waals surface area contributed by atoms with E-state index in [2.05, 4.69) is 33.8 Å². The summed E-state index contributed by atoms with van der Waals surface area (Å²) in [6.07, 6.45) is -1.68. The predicted molar refractivity (Wildman–Crippen MR) is 303 cm³/mol. The quantitative estimate of drug-likeness (QED) is 0.0729. The molecule has 83 heavy (non-hydrogen) atoms. The van der Waals surface area contributed by atoms with Gasteiger partial charge < -0.3 is 52.8 Å². The molecule has 442 valence electrons. The molecule has 15 nitrogen and oxygen atoms in total. The van der Waals surface area contributed by atoms with Gasteiger partial charge in [0.2, 0.25) is 0 Å². The fourth-order valence-corrected chi connectivity index (χ4v) is 16.6. The molecular weight excluding hydrogens is 1060 g/mol. The van der Waals surface area contributed by atoms with E-state index in [4.69, 9.17) is 42.6 Å². The molecule has 7 fully saturated rings. The first-order chi connectivity index (χ1) is 40.1. The molecule has 0 aromatic heterocycles. The van der Waals surface area contributed by atoms with E-state index >= 15 is 0 Å². The summed E-state index contributed by atoms with van der Waals surface area (Å²) in [7, 11) is 0. The van der Waals surface area contributed by atoms with E-state index < -0.39 is 103 Å². The van der Waals surface area contributed by atoms with Crippen LogP contribution in [-0.2, 0) is 42.6 Å². The van der Waals surface area contributed by atoms with Gasteiger partial charge in [0.05, 0.1) is 53.8 Å². The fourth-order valence-electron chi connectivity index (χ4n) is 16.6. The largest absolute Gasteiger partial charge is 0.454 e. The van der Waals surface area contributed by atoms with E-state index in [1.54, 1.807) is 121 Å². The van der Waals surface area contributed by atoms with Gasteiger partial charge in [-0.05, 0) is 153 Å². The van der Waals surface area contributed by atoms with Gasteiger partial charge >= 0.3 is 23.9 Å². The number of carbonyl (C=O) groups excluding carboxylic acids is 4. The van der Waals surface area contributed by atoms with Crippen LogP contribution in [0.4, 0.5) is 0 Å². The lowest BCUT2D eigenvalue weighted by Crippen LogP contribution is -2.65. The van der Waals surface area contributed by atoms with Crippen molar-refractivity contribution >= 4 is 23.9 Å². The number of aliphatic hydroxyl groups is 2. The van der Waals surface area contributed by atoms with Crippen molar-refractivity contribution in [3.63, 3.8) is 0 Å². The number of esters is 4. The molecule has 2 N–H and O–H groups in total. The third kappa shape index (κ3) is 10.9. The number of hydrogen-bond acceptors (Lipinski definition) is 15. The van der Waals surface area contributed by atoms with E-state index in [9.17, 15) is 29.4 Å². The van der Waals surface area contributed by atoms with E-state index in [-0.39, 0.29) is 45.6 Å². The van der Waals surface area contributed by atoms with Gasteiger partial charge in [-0.25, -0.2) is 19.2 Å². The molecule has 0 bridgehead atoms. The zero-order valence-electron chi connectivity index (χ0n) is 48.2. The topological polar surface area (TPSA) is 192 Å². The highest BCUT2D eigenvalue weighted by molar-refractivity contribution is 5.91. The lowest BCUT2D eigenvalue weighted by molar-refractivity contribution is -0.334. The molecule has 0 amide bonds. The Kier molecular flexibility index (Phi) is 16.4. The second kappa shape index (κ2) is 23.6. The van der Waals surface area contributed by atoms with Crippen LogP contribution < -0.4 is 0 Å². The zero-order valence-corrected chi connectivity index (χ0v) is 48.2. The van der Waals surface area contributed by atoms with E-state index in [0.29, 0.717) is 48.3 Å². The maximum atomic E-state index is 14.4. The SMILES string of the molecule is CC1C[C@@H](O[C@H]2C(OC(=O)c3ccccc3)[C@H](O)C(CO)O[C@H]2O[C@H]2CC[C@@]3(C)C(=CC[C@H]4[C@@H]5C[C@@H]6O[C@]7(CC[C@@H](C)CO7)[C@@H](C)[C@@H]6[C@@]5(C)CC[C@@H]43)C2)[C@@H](OC(=O)c2ccccc2)C(OC(=O)c2ccccc2)[C@H]1OC(=O)c1ccccc1. The molecule has 3 saturated heterocycles. The standard InChI is InChI=1S/C68H80O15/c1-39-28-33-68(75-38-39)41(3)54-51(83-68)36-50-48-27-26-46-35-47(29-31-66(46,4)49(48)30-32-67(50,54)5)76-65-60(58(55(70)53(37-69)78-65)81-63(73)44-22-14-8-15-23-44)77-52-34-40(2)56(79-61(71)42-18-10-6-11-19-42)59(82-64(74)45-24-16-9-17-25-45)57(52)80-62(72)43-20-12-7-13-21-43/h6-26,39-41,47-60,65,69-70H,27-38H2,1-5H3/t39-,40?,41+,47+,48-,49+,50+,51+,52-,53?,54+,55-,56+,57-,58?,59?,60+,65-,66+,67+,68-/m1/s1. The number of fused-ring (bicyclic) bond motifs is 7. The van der Waals surface area contributed by atoms with Crippen molar-refractivity contribution in [1.29, 1.82) is 0 Å². The molecule has 3 aliphatic heterocycles. The summed E-state index contributed by atoms with van der Waals surface area (Å²) >= 11 is 0. The summed E-state index contributed by atoms with van der Waals surface area (Å²) in [5.74, 6) is -1.20. The highest BCUT2D eigenvalue weighted by atomic mass is 16.7. The summed E-state index contributed by atoms with van der Waals surface area (Å²) in [4.78, 5) is 56.9. The molecule has 4 aromatic rings. The summed E-state index contributed by atoms with van der Waals surface area (Å²) in [6, 6.07) is 33.4. The van der Waals surface area contributed by atoms with Gasteiger partial charge in [0.25, 0.3) is 0 Å². The minimum atomic E-state index is -1.63. The number of allylic oxidation sites excluding steroid dienone is 1. The Balaban J connectivity index is 0.853. The van der Waals surface area contributed by atoms with E-state index in [1.807, 2.05) is 6.92 Å². The Hall–Kier alpha value is -5.78. The van der Waals surface area contributed by atoms with Gasteiger partial charge in [-0.15, -0.1) is 0 Å². The smallest absolute Gasteiger partial charge is 0.338 e. The fraction of sp³-hybridized carbons (Fsp3) is 0.559. The van der Waals surface area contributed by atoms with Crippen LogP contribution in [0.5, 0.6) is 0 Å². The minimum absolute atomic E-state index is 0.0404. The lowest BCUT2D eigenvalue weighted by atomic mass is 9.47. The zero-order chi connectivity index (χ0) is 57.8. The molecule has 4 aromatic carbocycles. The van der Waals surface area contributed by atoms with Crippen molar-refractivity contribution < 1.29 is 72.0 Å². The molecule has 4 saturated carbocycles. The van der Waals surface area contributed by atoms with Crippen LogP contribution in [0.15, 0.2) is 133 Å². The number of rotatable bonds is 13. The third-order valence-electron chi connectivity index (χ3n) is 21.0. The van der Waals surface area contributed by atoms with E-state index in [0.717, 1.165) is 51.6 Å². The predicted octanol–water partition coefficient (Wildman–Crippen LogP) is 10.5. The van der Waals surface area contributed by atoms with Crippen molar-refractivity contribution in [2.24, 2.45) is 52.3 Å². The number of carbonyl (C=O) groups is 4. The van der Waals surface area contributed by atoms with Crippen LogP contribution in [0.25, 0.3) is 0 Å². The molecule has 12 rings (SSSR count). The van der Waals surface area contributed by atoms with Gasteiger partial charge in [-0.1, -0.05) is 119 Å². The third-order valence-corrected chi connectivity index (χ3v) is 21.0. The maximum absolute atomic E-state index is 14.4. The van der Waals surface area contributed by atoms with Crippen molar-refractivity contribution in [2.45, 2.75) is 172 Å². The summed E-state index contributed by atoms with van der Waals surface area (Å²) in [6.45, 7) is 11.6. The highest BCUT2D eigenvalue weighted by Gasteiger charge is 2.69. The van der Waals surface area contributed by atoms with Crippen LogP contribution in [0.3, 0.4) is 0 Å². The summed E-state index contributed by atoms with van der Waals surface area (Å²) in [5, 5.41) is 23.1. The van der Waals surface area contributed by atoms with Crippen LogP contribution in [0.1, 0.15) is 140 Å². The molecule has 21 atom stereocenters. The molecule has 1 spiro atoms. The molecular formula is C68H80O15. The normalized spacial score (nSPS) is 39.9. The van der Waals surface area contributed by atoms with Crippen molar-refractivity contribution in [3.05, 3.63) is 155 Å². The van der Waals surface area contributed by atoms with Crippen molar-refractivity contribution in [2.75, 3.05) is 13.2 Å². The highest BCUT2D eigenvalue weighted by Crippen LogP contribution is 2.71. The van der Waals surface area contributed by atoms with Gasteiger partial charge in [0.15, 0.2) is 30.4 Å². The van der Waals surface area contributed by atoms with Crippen molar-refractivity contribution in [1.82, 2.24) is 0 Å². The van der Waals surface area contributed by atoms with Crippen LogP contribution in [0, 0.1) is 52.3 Å². The van der Waals surface area contributed by atoms with Gasteiger partial charge in [0.1, 0.15) is 24.4 Å². The summed E-state index contributed by atoms with van der Waals surface area (Å²) < 4.78 is 59.9. The monoisotopic (exact) mass is 1140 g/mol. The van der Waals surface area contributed by atoms with Gasteiger partial charge in [-0.2, -0.15) is 0 Å². The molecule has 5 aliphatic carbocycles. The number of benzene rings is 4. The Morgan fingerprint density at radius 2 is 1.17 bits per heavy atom. The Labute approximate surface area is 486 Å². The number of hydrogen-bond donors (Lipinski definition) is 2. The maximum Gasteiger partial charge on any atom is 0.338 e. The van der Waals surface area contributed by atoms with Gasteiger partial charge in [-0.3, -0.25) is 0 Å². The minimum Gasteiger partial charge on any atom is -0.454 e. The number of aliphatic hydroxyl groups excluding tert-OH is 2. The molecule has 15 heteroatoms. The Morgan fingerprint density at radius 3 is 1.72 bits per heavy atom. The second-order valence-corrected chi connectivity index (χ2v) is 25.8. The van der Waals surface area contributed by atoms with Crippen LogP contribution >= 0.6 is 0 Å². The second-order valence-electron chi connectivity index (χ2n) is 25.8.